The monoisotopic (exact) mass is 476 g/mol. The molecule has 1 fully saturated rings. The summed E-state index contributed by atoms with van der Waals surface area (Å²) in [6.07, 6.45) is 1.82. The van der Waals surface area contributed by atoms with Gasteiger partial charge in [0.2, 0.25) is 0 Å². The molecule has 8 heteroatoms. The summed E-state index contributed by atoms with van der Waals surface area (Å²) in [5.74, 6) is 1.77. The normalized spacial score (nSPS) is 16.0. The molecule has 0 amide bonds. The molecule has 0 spiro atoms. The largest absolute Gasteiger partial charge is 0.379 e. The van der Waals surface area contributed by atoms with Crippen LogP contribution in [0.15, 0.2) is 23.3 Å². The Labute approximate surface area is 174 Å². The Bertz CT molecular complexity index is 573. The lowest BCUT2D eigenvalue weighted by Gasteiger charge is -2.41. The molecular weight excluding hydrogens is 443 g/mol. The number of nitrogens with zero attached hydrogens (tertiary/aromatic N) is 4. The second kappa shape index (κ2) is 10.9. The average molecular weight is 476 g/mol. The second-order valence-electron chi connectivity index (χ2n) is 7.07. The van der Waals surface area contributed by atoms with E-state index in [0.29, 0.717) is 6.54 Å². The third-order valence-corrected chi connectivity index (χ3v) is 4.52. The number of anilines is 1. The van der Waals surface area contributed by atoms with E-state index in [9.17, 15) is 0 Å². The van der Waals surface area contributed by atoms with Gasteiger partial charge in [0.15, 0.2) is 5.96 Å². The zero-order chi connectivity index (χ0) is 18.3. The van der Waals surface area contributed by atoms with Crippen LogP contribution in [0.2, 0.25) is 0 Å². The van der Waals surface area contributed by atoms with Gasteiger partial charge in [-0.25, -0.2) is 4.98 Å². The van der Waals surface area contributed by atoms with E-state index in [0.717, 1.165) is 50.2 Å². The highest BCUT2D eigenvalue weighted by Crippen LogP contribution is 2.15. The number of morpholine rings is 1. The predicted molar refractivity (Wildman–Crippen MR) is 119 cm³/mol. The highest BCUT2D eigenvalue weighted by Gasteiger charge is 2.28. The number of hydrogen-bond acceptors (Lipinski definition) is 5. The minimum absolute atomic E-state index is 0. The van der Waals surface area contributed by atoms with Crippen molar-refractivity contribution in [3.63, 3.8) is 0 Å². The lowest BCUT2D eigenvalue weighted by molar-refractivity contribution is -0.00834. The van der Waals surface area contributed by atoms with E-state index < -0.39 is 0 Å². The quantitative estimate of drug-likeness (QED) is 0.369. The summed E-state index contributed by atoms with van der Waals surface area (Å²) in [6, 6.07) is 4.04. The lowest BCUT2D eigenvalue weighted by Crippen LogP contribution is -2.56. The van der Waals surface area contributed by atoms with Crippen molar-refractivity contribution >= 4 is 35.8 Å². The molecule has 0 radical (unpaired) electrons. The van der Waals surface area contributed by atoms with Gasteiger partial charge in [0, 0.05) is 64.6 Å². The number of nitrogens with one attached hydrogen (secondary N) is 2. The van der Waals surface area contributed by atoms with Gasteiger partial charge in [-0.15, -0.1) is 24.0 Å². The number of hydrogen-bond donors (Lipinski definition) is 2. The summed E-state index contributed by atoms with van der Waals surface area (Å²) < 4.78 is 5.45. The van der Waals surface area contributed by atoms with Gasteiger partial charge in [-0.05, 0) is 19.9 Å². The van der Waals surface area contributed by atoms with Crippen LogP contribution in [0.25, 0.3) is 0 Å². The first kappa shape index (κ1) is 22.9. The van der Waals surface area contributed by atoms with Crippen LogP contribution in [0, 0.1) is 0 Å². The van der Waals surface area contributed by atoms with Crippen LogP contribution in [0.3, 0.4) is 0 Å². The maximum atomic E-state index is 5.45. The van der Waals surface area contributed by atoms with E-state index in [1.807, 2.05) is 31.3 Å². The van der Waals surface area contributed by atoms with Crippen LogP contribution in [-0.2, 0) is 11.3 Å². The van der Waals surface area contributed by atoms with Crippen molar-refractivity contribution in [1.82, 2.24) is 20.5 Å². The lowest BCUT2D eigenvalue weighted by atomic mass is 10.0. The molecule has 0 aromatic carbocycles. The summed E-state index contributed by atoms with van der Waals surface area (Å²) in [5, 5.41) is 6.83. The van der Waals surface area contributed by atoms with Gasteiger partial charge in [0.25, 0.3) is 0 Å². The Balaban J connectivity index is 0.00000338. The Morgan fingerprint density at radius 1 is 1.31 bits per heavy atom. The SMILES string of the molecule is CN=C(NCc1cccnc1N(C)C)NCC(C)(C)N1CCOCC1.I. The molecule has 1 saturated heterocycles. The fourth-order valence-corrected chi connectivity index (χ4v) is 2.95. The fourth-order valence-electron chi connectivity index (χ4n) is 2.95. The van der Waals surface area contributed by atoms with Crippen LogP contribution >= 0.6 is 24.0 Å². The number of halogens is 1. The molecule has 1 aliphatic rings. The summed E-state index contributed by atoms with van der Waals surface area (Å²) in [5.41, 5.74) is 1.19. The Morgan fingerprint density at radius 3 is 2.62 bits per heavy atom. The van der Waals surface area contributed by atoms with Crippen LogP contribution in [0.5, 0.6) is 0 Å². The molecule has 7 nitrogen and oxygen atoms in total. The molecular formula is C18H33IN6O. The minimum Gasteiger partial charge on any atom is -0.379 e. The average Bonchev–Trinajstić information content (AvgIpc) is 2.62. The zero-order valence-corrected chi connectivity index (χ0v) is 18.9. The second-order valence-corrected chi connectivity index (χ2v) is 7.07. The van der Waals surface area contributed by atoms with Crippen LogP contribution in [-0.4, -0.2) is 75.4 Å². The van der Waals surface area contributed by atoms with Gasteiger partial charge in [0.1, 0.15) is 5.82 Å². The first-order valence-corrected chi connectivity index (χ1v) is 8.82. The Morgan fingerprint density at radius 2 is 2.00 bits per heavy atom. The smallest absolute Gasteiger partial charge is 0.191 e. The topological polar surface area (TPSA) is 65.0 Å². The van der Waals surface area contributed by atoms with E-state index in [1.165, 1.54) is 0 Å². The van der Waals surface area contributed by atoms with Crippen molar-refractivity contribution in [3.05, 3.63) is 23.9 Å². The first-order valence-electron chi connectivity index (χ1n) is 8.82. The Hall–Kier alpha value is -1.13. The molecule has 2 rings (SSSR count). The fraction of sp³-hybridized carbons (Fsp3) is 0.667. The van der Waals surface area contributed by atoms with Crippen molar-refractivity contribution in [1.29, 1.82) is 0 Å². The van der Waals surface area contributed by atoms with Gasteiger partial charge in [-0.1, -0.05) is 6.07 Å². The van der Waals surface area contributed by atoms with Gasteiger partial charge >= 0.3 is 0 Å². The van der Waals surface area contributed by atoms with E-state index in [2.05, 4.69) is 45.4 Å². The number of pyridine rings is 1. The molecule has 148 valence electrons. The van der Waals surface area contributed by atoms with Crippen LogP contribution in [0.1, 0.15) is 19.4 Å². The number of guanidine groups is 1. The summed E-state index contributed by atoms with van der Waals surface area (Å²) in [6.45, 7) is 9.58. The van der Waals surface area contributed by atoms with Gasteiger partial charge < -0.3 is 20.3 Å². The molecule has 1 aromatic rings. The molecule has 1 aromatic heterocycles. The zero-order valence-electron chi connectivity index (χ0n) is 16.6. The molecule has 1 aliphatic heterocycles. The molecule has 26 heavy (non-hydrogen) atoms. The first-order chi connectivity index (χ1) is 11.9. The van der Waals surface area contributed by atoms with Crippen molar-refractivity contribution < 1.29 is 4.74 Å². The van der Waals surface area contributed by atoms with Crippen LogP contribution in [0.4, 0.5) is 5.82 Å². The third kappa shape index (κ3) is 6.55. The number of rotatable bonds is 6. The predicted octanol–water partition coefficient (Wildman–Crippen LogP) is 1.54. The van der Waals surface area contributed by atoms with Crippen molar-refractivity contribution in [2.24, 2.45) is 4.99 Å². The highest BCUT2D eigenvalue weighted by molar-refractivity contribution is 14.0. The maximum absolute atomic E-state index is 5.45. The van der Waals surface area contributed by atoms with Crippen molar-refractivity contribution in [2.45, 2.75) is 25.9 Å². The van der Waals surface area contributed by atoms with Crippen molar-refractivity contribution in [2.75, 3.05) is 58.9 Å². The number of ether oxygens (including phenoxy) is 1. The molecule has 0 atom stereocenters. The third-order valence-electron chi connectivity index (χ3n) is 4.52. The van der Waals surface area contributed by atoms with E-state index in [1.54, 1.807) is 7.05 Å². The standard InChI is InChI=1S/C18H32N6O.HI/c1-18(2,24-9-11-25-12-10-24)14-22-17(19-3)21-13-15-7-6-8-20-16(15)23(4)5;/h6-8H,9-14H2,1-5H3,(H2,19,21,22);1H. The van der Waals surface area contributed by atoms with E-state index in [4.69, 9.17) is 4.74 Å². The molecule has 0 unspecified atom stereocenters. The van der Waals surface area contributed by atoms with Gasteiger partial charge in [-0.3, -0.25) is 9.89 Å². The molecule has 2 N–H and O–H groups in total. The van der Waals surface area contributed by atoms with Crippen LogP contribution < -0.4 is 15.5 Å². The molecule has 2 heterocycles. The summed E-state index contributed by atoms with van der Waals surface area (Å²) in [7, 11) is 5.81. The molecule has 0 aliphatic carbocycles. The summed E-state index contributed by atoms with van der Waals surface area (Å²) in [4.78, 5) is 13.3. The Kier molecular flexibility index (Phi) is 9.59. The van der Waals surface area contributed by atoms with E-state index in [-0.39, 0.29) is 29.5 Å². The summed E-state index contributed by atoms with van der Waals surface area (Å²) >= 11 is 0. The number of aromatic nitrogens is 1. The maximum Gasteiger partial charge on any atom is 0.191 e. The number of aliphatic imine (C=N–C) groups is 1. The molecule has 0 saturated carbocycles. The minimum atomic E-state index is 0. The van der Waals surface area contributed by atoms with Gasteiger partial charge in [-0.2, -0.15) is 0 Å². The van der Waals surface area contributed by atoms with E-state index >= 15 is 0 Å². The highest BCUT2D eigenvalue weighted by atomic mass is 127. The van der Waals surface area contributed by atoms with Crippen molar-refractivity contribution in [3.8, 4) is 0 Å². The molecule has 0 bridgehead atoms. The van der Waals surface area contributed by atoms with Gasteiger partial charge in [0.05, 0.1) is 13.2 Å².